The van der Waals surface area contributed by atoms with Crippen molar-refractivity contribution in [2.24, 2.45) is 5.92 Å². The van der Waals surface area contributed by atoms with Gasteiger partial charge in [-0.1, -0.05) is 18.2 Å². The number of benzene rings is 1. The molecular formula is C22H28N2O4S. The maximum Gasteiger partial charge on any atom is 0.287 e. The van der Waals surface area contributed by atoms with E-state index < -0.39 is 0 Å². The number of hydrogen-bond donors (Lipinski definition) is 1. The van der Waals surface area contributed by atoms with E-state index in [9.17, 15) is 4.79 Å². The van der Waals surface area contributed by atoms with E-state index in [1.165, 1.54) is 4.90 Å². The lowest BCUT2D eigenvalue weighted by Gasteiger charge is -2.37. The molecule has 0 saturated carbocycles. The summed E-state index contributed by atoms with van der Waals surface area (Å²) >= 11 is 1.70. The molecule has 2 aromatic rings. The van der Waals surface area contributed by atoms with Gasteiger partial charge in [0, 0.05) is 54.4 Å². The second kappa shape index (κ2) is 10.3. The van der Waals surface area contributed by atoms with E-state index in [0.29, 0.717) is 24.0 Å². The van der Waals surface area contributed by atoms with Gasteiger partial charge in [0.15, 0.2) is 5.76 Å². The molecular weight excluding hydrogens is 388 g/mol. The molecule has 4 rings (SSSR count). The number of furan rings is 1. The van der Waals surface area contributed by atoms with Gasteiger partial charge in [0.1, 0.15) is 0 Å². The average molecular weight is 417 g/mol. The predicted molar refractivity (Wildman–Crippen MR) is 112 cm³/mol. The fourth-order valence-electron chi connectivity index (χ4n) is 3.96. The van der Waals surface area contributed by atoms with Crippen LogP contribution in [-0.2, 0) is 15.2 Å². The Kier molecular flexibility index (Phi) is 7.27. The third kappa shape index (κ3) is 5.42. The largest absolute Gasteiger partial charge is 0.459 e. The number of thioether (sulfide) groups is 1. The summed E-state index contributed by atoms with van der Waals surface area (Å²) in [6.45, 7) is 5.45. The van der Waals surface area contributed by atoms with Gasteiger partial charge in [0.2, 0.25) is 0 Å². The number of carbonyl (C=O) groups excluding carboxylic acids is 1. The van der Waals surface area contributed by atoms with Crippen LogP contribution in [0.5, 0.6) is 0 Å². The molecule has 0 aliphatic carbocycles. The number of carbonyl (C=O) groups is 1. The molecule has 7 heteroatoms. The number of morpholine rings is 1. The standard InChI is InChI=1S/C22H28N2O4S/c25-22(21-18(7-11-28-21)16-29-19-4-2-1-3-5-19)23-14-20(17-6-10-27-15-17)24-8-12-26-13-9-24/h1-5,7,11,17,20H,6,8-10,12-16H2,(H,23,25). The van der Waals surface area contributed by atoms with Gasteiger partial charge in [-0.25, -0.2) is 0 Å². The second-order valence-electron chi connectivity index (χ2n) is 7.43. The molecule has 0 radical (unpaired) electrons. The first-order chi connectivity index (χ1) is 14.3. The topological polar surface area (TPSA) is 63.9 Å². The van der Waals surface area contributed by atoms with Crippen molar-refractivity contribution in [2.75, 3.05) is 46.1 Å². The fourth-order valence-corrected chi connectivity index (χ4v) is 4.86. The smallest absolute Gasteiger partial charge is 0.287 e. The van der Waals surface area contributed by atoms with Crippen LogP contribution >= 0.6 is 11.8 Å². The summed E-state index contributed by atoms with van der Waals surface area (Å²) in [6, 6.07) is 12.3. The van der Waals surface area contributed by atoms with Crippen LogP contribution in [0.1, 0.15) is 22.5 Å². The monoisotopic (exact) mass is 416 g/mol. The molecule has 6 nitrogen and oxygen atoms in total. The number of hydrogen-bond acceptors (Lipinski definition) is 6. The summed E-state index contributed by atoms with van der Waals surface area (Å²) in [6.07, 6.45) is 2.64. The molecule has 2 saturated heterocycles. The highest BCUT2D eigenvalue weighted by Crippen LogP contribution is 2.25. The lowest BCUT2D eigenvalue weighted by molar-refractivity contribution is 0.00160. The number of rotatable bonds is 8. The van der Waals surface area contributed by atoms with E-state index in [0.717, 1.165) is 51.5 Å². The minimum absolute atomic E-state index is 0.143. The summed E-state index contributed by atoms with van der Waals surface area (Å²) in [5.74, 6) is 1.41. The Morgan fingerprint density at radius 1 is 1.14 bits per heavy atom. The van der Waals surface area contributed by atoms with Gasteiger partial charge in [-0.3, -0.25) is 9.69 Å². The Balaban J connectivity index is 1.36. The van der Waals surface area contributed by atoms with E-state index in [1.807, 2.05) is 24.3 Å². The normalized spacial score (nSPS) is 21.2. The molecule has 1 amide bonds. The van der Waals surface area contributed by atoms with Crippen LogP contribution in [0.3, 0.4) is 0 Å². The first kappa shape index (κ1) is 20.5. The quantitative estimate of drug-likeness (QED) is 0.668. The lowest BCUT2D eigenvalue weighted by Crippen LogP contribution is -2.52. The van der Waals surface area contributed by atoms with Gasteiger partial charge in [-0.15, -0.1) is 11.8 Å². The van der Waals surface area contributed by atoms with Crippen LogP contribution in [-0.4, -0.2) is 62.9 Å². The zero-order valence-corrected chi connectivity index (χ0v) is 17.4. The van der Waals surface area contributed by atoms with Crippen LogP contribution in [0.2, 0.25) is 0 Å². The minimum Gasteiger partial charge on any atom is -0.459 e. The molecule has 3 heterocycles. The SMILES string of the molecule is O=C(NCC(C1CCOC1)N1CCOCC1)c1occc1CSc1ccccc1. The van der Waals surface area contributed by atoms with E-state index in [1.54, 1.807) is 18.0 Å². The zero-order chi connectivity index (χ0) is 19.9. The van der Waals surface area contributed by atoms with E-state index in [2.05, 4.69) is 22.3 Å². The van der Waals surface area contributed by atoms with Gasteiger partial charge >= 0.3 is 0 Å². The summed E-state index contributed by atoms with van der Waals surface area (Å²) < 4.78 is 16.6. The Morgan fingerprint density at radius 2 is 1.97 bits per heavy atom. The first-order valence-corrected chi connectivity index (χ1v) is 11.2. The molecule has 2 fully saturated rings. The molecule has 156 valence electrons. The Morgan fingerprint density at radius 3 is 2.72 bits per heavy atom. The lowest BCUT2D eigenvalue weighted by atomic mass is 9.97. The van der Waals surface area contributed by atoms with Crippen molar-refractivity contribution in [1.29, 1.82) is 0 Å². The molecule has 2 aliphatic rings. The summed E-state index contributed by atoms with van der Waals surface area (Å²) in [4.78, 5) is 16.5. The molecule has 1 aromatic heterocycles. The van der Waals surface area contributed by atoms with Gasteiger partial charge in [-0.05, 0) is 24.6 Å². The van der Waals surface area contributed by atoms with Crippen LogP contribution < -0.4 is 5.32 Å². The van der Waals surface area contributed by atoms with Crippen molar-refractivity contribution in [3.63, 3.8) is 0 Å². The van der Waals surface area contributed by atoms with Crippen LogP contribution in [0, 0.1) is 5.92 Å². The maximum absolute atomic E-state index is 12.9. The van der Waals surface area contributed by atoms with Crippen LogP contribution in [0.4, 0.5) is 0 Å². The molecule has 2 aliphatic heterocycles. The first-order valence-electron chi connectivity index (χ1n) is 10.2. The van der Waals surface area contributed by atoms with Crippen molar-refractivity contribution >= 4 is 17.7 Å². The Labute approximate surface area is 175 Å². The van der Waals surface area contributed by atoms with Gasteiger partial charge < -0.3 is 19.2 Å². The fraction of sp³-hybridized carbons (Fsp3) is 0.500. The van der Waals surface area contributed by atoms with Crippen LogP contribution in [0.15, 0.2) is 52.0 Å². The maximum atomic E-state index is 12.9. The minimum atomic E-state index is -0.143. The molecule has 2 unspecified atom stereocenters. The number of amides is 1. The second-order valence-corrected chi connectivity index (χ2v) is 8.47. The number of ether oxygens (including phenoxy) is 2. The number of nitrogens with zero attached hydrogens (tertiary/aromatic N) is 1. The van der Waals surface area contributed by atoms with Gasteiger partial charge in [0.05, 0.1) is 26.1 Å². The third-order valence-electron chi connectivity index (χ3n) is 5.59. The molecule has 2 atom stereocenters. The highest BCUT2D eigenvalue weighted by molar-refractivity contribution is 7.98. The summed E-state index contributed by atoms with van der Waals surface area (Å²) in [5.41, 5.74) is 0.920. The molecule has 0 spiro atoms. The van der Waals surface area contributed by atoms with E-state index in [-0.39, 0.29) is 11.9 Å². The predicted octanol–water partition coefficient (Wildman–Crippen LogP) is 3.04. The van der Waals surface area contributed by atoms with Gasteiger partial charge in [-0.2, -0.15) is 0 Å². The van der Waals surface area contributed by atoms with Crippen LogP contribution in [0.25, 0.3) is 0 Å². The van der Waals surface area contributed by atoms with Crippen molar-refractivity contribution in [3.05, 3.63) is 54.0 Å². The van der Waals surface area contributed by atoms with E-state index in [4.69, 9.17) is 13.9 Å². The summed E-state index contributed by atoms with van der Waals surface area (Å²) in [7, 11) is 0. The zero-order valence-electron chi connectivity index (χ0n) is 16.5. The Hall–Kier alpha value is -1.80. The Bertz CT molecular complexity index is 770. The molecule has 0 bridgehead atoms. The summed E-state index contributed by atoms with van der Waals surface area (Å²) in [5, 5.41) is 3.12. The van der Waals surface area contributed by atoms with Crippen molar-refractivity contribution in [3.8, 4) is 0 Å². The number of nitrogens with one attached hydrogen (secondary N) is 1. The third-order valence-corrected chi connectivity index (χ3v) is 6.65. The van der Waals surface area contributed by atoms with E-state index >= 15 is 0 Å². The highest BCUT2D eigenvalue weighted by atomic mass is 32.2. The average Bonchev–Trinajstić information content (AvgIpc) is 3.46. The molecule has 1 aromatic carbocycles. The van der Waals surface area contributed by atoms with Crippen molar-refractivity contribution < 1.29 is 18.7 Å². The van der Waals surface area contributed by atoms with Gasteiger partial charge in [0.25, 0.3) is 5.91 Å². The molecule has 29 heavy (non-hydrogen) atoms. The van der Waals surface area contributed by atoms with Crippen molar-refractivity contribution in [2.45, 2.75) is 23.1 Å². The van der Waals surface area contributed by atoms with Crippen molar-refractivity contribution in [1.82, 2.24) is 10.2 Å². The molecule has 1 N–H and O–H groups in total. The highest BCUT2D eigenvalue weighted by Gasteiger charge is 2.32.